The second kappa shape index (κ2) is 8.22. The molecule has 0 saturated heterocycles. The SMILES string of the molecule is O=C(/C=C/c1ccc(Cl)c([N+](=O)[O-])c1)OCc1csc(-c2ccsc2)n1. The summed E-state index contributed by atoms with van der Waals surface area (Å²) in [5.74, 6) is -0.562. The zero-order valence-electron chi connectivity index (χ0n) is 13.1. The summed E-state index contributed by atoms with van der Waals surface area (Å²) in [5.41, 5.74) is 1.97. The van der Waals surface area contributed by atoms with E-state index >= 15 is 0 Å². The molecule has 26 heavy (non-hydrogen) atoms. The minimum Gasteiger partial charge on any atom is -0.456 e. The number of hydrogen-bond acceptors (Lipinski definition) is 7. The molecular weight excluding hydrogens is 396 g/mol. The van der Waals surface area contributed by atoms with Gasteiger partial charge in [-0.3, -0.25) is 10.1 Å². The van der Waals surface area contributed by atoms with E-state index in [0.29, 0.717) is 11.3 Å². The van der Waals surface area contributed by atoms with E-state index in [1.807, 2.05) is 22.2 Å². The van der Waals surface area contributed by atoms with Crippen LogP contribution in [0.25, 0.3) is 16.6 Å². The molecule has 0 spiro atoms. The monoisotopic (exact) mass is 406 g/mol. The van der Waals surface area contributed by atoms with Crippen LogP contribution in [-0.2, 0) is 16.1 Å². The van der Waals surface area contributed by atoms with Gasteiger partial charge in [0.2, 0.25) is 0 Å². The zero-order chi connectivity index (χ0) is 18.5. The van der Waals surface area contributed by atoms with E-state index in [1.165, 1.54) is 35.6 Å². The lowest BCUT2D eigenvalue weighted by Gasteiger charge is -1.99. The minimum absolute atomic E-state index is 0.0414. The highest BCUT2D eigenvalue weighted by Gasteiger charge is 2.12. The van der Waals surface area contributed by atoms with Crippen LogP contribution in [0, 0.1) is 10.1 Å². The van der Waals surface area contributed by atoms with Gasteiger partial charge in [0.25, 0.3) is 5.69 Å². The first-order valence-corrected chi connectivity index (χ1v) is 9.49. The zero-order valence-corrected chi connectivity index (χ0v) is 15.5. The Kier molecular flexibility index (Phi) is 5.77. The van der Waals surface area contributed by atoms with Crippen molar-refractivity contribution in [3.8, 4) is 10.6 Å². The number of nitro benzene ring substituents is 1. The Labute approximate surface area is 161 Å². The average Bonchev–Trinajstić information content (AvgIpc) is 3.30. The maximum absolute atomic E-state index is 11.8. The molecule has 0 radical (unpaired) electrons. The van der Waals surface area contributed by atoms with Crippen LogP contribution in [0.5, 0.6) is 0 Å². The molecule has 0 aliphatic heterocycles. The molecule has 2 heterocycles. The predicted octanol–water partition coefficient (Wildman–Crippen LogP) is 5.19. The van der Waals surface area contributed by atoms with Gasteiger partial charge in [-0.2, -0.15) is 11.3 Å². The fourth-order valence-corrected chi connectivity index (χ4v) is 3.73. The lowest BCUT2D eigenvalue weighted by molar-refractivity contribution is -0.384. The third-order valence-corrected chi connectivity index (χ3v) is 5.20. The highest BCUT2D eigenvalue weighted by molar-refractivity contribution is 7.14. The quantitative estimate of drug-likeness (QED) is 0.243. The number of nitro groups is 1. The van der Waals surface area contributed by atoms with Crippen LogP contribution < -0.4 is 0 Å². The molecule has 0 bridgehead atoms. The molecule has 1 aromatic carbocycles. The second-order valence-electron chi connectivity index (χ2n) is 5.07. The molecule has 0 aliphatic carbocycles. The van der Waals surface area contributed by atoms with Gasteiger partial charge in [0.05, 0.1) is 10.6 Å². The first-order chi connectivity index (χ1) is 12.5. The topological polar surface area (TPSA) is 82.3 Å². The van der Waals surface area contributed by atoms with Crippen molar-refractivity contribution >= 4 is 52.0 Å². The fraction of sp³-hybridized carbons (Fsp3) is 0.0588. The Morgan fingerprint density at radius 2 is 2.19 bits per heavy atom. The number of nitrogens with zero attached hydrogens (tertiary/aromatic N) is 2. The van der Waals surface area contributed by atoms with E-state index in [4.69, 9.17) is 16.3 Å². The van der Waals surface area contributed by atoms with Crippen molar-refractivity contribution in [3.05, 3.63) is 72.9 Å². The van der Waals surface area contributed by atoms with Crippen molar-refractivity contribution in [2.75, 3.05) is 0 Å². The molecule has 2 aromatic heterocycles. The van der Waals surface area contributed by atoms with Crippen molar-refractivity contribution in [2.24, 2.45) is 0 Å². The van der Waals surface area contributed by atoms with Crippen molar-refractivity contribution in [1.29, 1.82) is 0 Å². The van der Waals surface area contributed by atoms with Gasteiger partial charge in [-0.05, 0) is 29.2 Å². The summed E-state index contributed by atoms with van der Waals surface area (Å²) < 4.78 is 5.14. The molecular formula is C17H11ClN2O4S2. The number of thiophene rings is 1. The van der Waals surface area contributed by atoms with Crippen molar-refractivity contribution in [1.82, 2.24) is 4.98 Å². The number of thiazole rings is 1. The van der Waals surface area contributed by atoms with Gasteiger partial charge in [0, 0.05) is 28.5 Å². The van der Waals surface area contributed by atoms with E-state index in [2.05, 4.69) is 4.98 Å². The van der Waals surface area contributed by atoms with Gasteiger partial charge < -0.3 is 4.74 Å². The van der Waals surface area contributed by atoms with Crippen LogP contribution in [0.3, 0.4) is 0 Å². The molecule has 0 unspecified atom stereocenters. The molecule has 9 heteroatoms. The van der Waals surface area contributed by atoms with E-state index in [0.717, 1.165) is 10.6 Å². The molecule has 0 aliphatic rings. The Hall–Kier alpha value is -2.55. The molecule has 0 fully saturated rings. The number of esters is 1. The molecule has 0 amide bonds. The van der Waals surface area contributed by atoms with Gasteiger partial charge in [-0.15, -0.1) is 11.3 Å². The van der Waals surface area contributed by atoms with Crippen LogP contribution in [0.15, 0.2) is 46.5 Å². The van der Waals surface area contributed by atoms with Crippen LogP contribution >= 0.6 is 34.3 Å². The Bertz CT molecular complexity index is 967. The number of carbonyl (C=O) groups is 1. The maximum Gasteiger partial charge on any atom is 0.331 e. The Balaban J connectivity index is 1.58. The number of carbonyl (C=O) groups excluding carboxylic acids is 1. The third-order valence-electron chi connectivity index (χ3n) is 3.26. The molecule has 6 nitrogen and oxygen atoms in total. The van der Waals surface area contributed by atoms with Crippen molar-refractivity contribution in [3.63, 3.8) is 0 Å². The average molecular weight is 407 g/mol. The lowest BCUT2D eigenvalue weighted by atomic mass is 10.2. The first-order valence-electron chi connectivity index (χ1n) is 7.28. The Morgan fingerprint density at radius 3 is 2.92 bits per heavy atom. The maximum atomic E-state index is 11.8. The summed E-state index contributed by atoms with van der Waals surface area (Å²) in [6.45, 7) is 0.0601. The molecule has 0 N–H and O–H groups in total. The van der Waals surface area contributed by atoms with E-state index < -0.39 is 10.9 Å². The summed E-state index contributed by atoms with van der Waals surface area (Å²) in [6, 6.07) is 6.26. The summed E-state index contributed by atoms with van der Waals surface area (Å²) in [5, 5.41) is 17.6. The molecule has 3 aromatic rings. The van der Waals surface area contributed by atoms with Gasteiger partial charge >= 0.3 is 5.97 Å². The Morgan fingerprint density at radius 1 is 1.35 bits per heavy atom. The van der Waals surface area contributed by atoms with Gasteiger partial charge in [-0.1, -0.05) is 17.7 Å². The van der Waals surface area contributed by atoms with Crippen LogP contribution in [0.4, 0.5) is 5.69 Å². The molecule has 132 valence electrons. The third kappa shape index (κ3) is 4.54. The summed E-state index contributed by atoms with van der Waals surface area (Å²) in [4.78, 5) is 26.5. The largest absolute Gasteiger partial charge is 0.456 e. The number of halogens is 1. The van der Waals surface area contributed by atoms with Crippen LogP contribution in [-0.4, -0.2) is 15.9 Å². The van der Waals surface area contributed by atoms with Gasteiger partial charge in [-0.25, -0.2) is 9.78 Å². The molecule has 0 atom stereocenters. The van der Waals surface area contributed by atoms with Crippen molar-refractivity contribution in [2.45, 2.75) is 6.61 Å². The number of ether oxygens (including phenoxy) is 1. The van der Waals surface area contributed by atoms with E-state index in [-0.39, 0.29) is 17.3 Å². The fourth-order valence-electron chi connectivity index (χ4n) is 2.02. The smallest absolute Gasteiger partial charge is 0.331 e. The van der Waals surface area contributed by atoms with Gasteiger partial charge in [0.1, 0.15) is 16.6 Å². The summed E-state index contributed by atoms with van der Waals surface area (Å²) in [7, 11) is 0. The standard InChI is InChI=1S/C17H11ClN2O4S2/c18-14-3-1-11(7-15(14)20(22)23)2-4-16(21)24-8-13-10-26-17(19-13)12-5-6-25-9-12/h1-7,9-10H,8H2/b4-2+. The highest BCUT2D eigenvalue weighted by Crippen LogP contribution is 2.26. The van der Waals surface area contributed by atoms with Gasteiger partial charge in [0.15, 0.2) is 0 Å². The summed E-state index contributed by atoms with van der Waals surface area (Å²) in [6.07, 6.45) is 2.64. The van der Waals surface area contributed by atoms with E-state index in [1.54, 1.807) is 17.4 Å². The van der Waals surface area contributed by atoms with E-state index in [9.17, 15) is 14.9 Å². The number of benzene rings is 1. The molecule has 0 saturated carbocycles. The molecule has 3 rings (SSSR count). The second-order valence-corrected chi connectivity index (χ2v) is 7.11. The first kappa shape index (κ1) is 18.2. The number of hydrogen-bond donors (Lipinski definition) is 0. The number of aromatic nitrogens is 1. The lowest BCUT2D eigenvalue weighted by Crippen LogP contribution is -2.01. The number of rotatable bonds is 6. The summed E-state index contributed by atoms with van der Waals surface area (Å²) >= 11 is 8.82. The predicted molar refractivity (Wildman–Crippen MR) is 102 cm³/mol. The van der Waals surface area contributed by atoms with Crippen molar-refractivity contribution < 1.29 is 14.5 Å². The minimum atomic E-state index is -0.578. The van der Waals surface area contributed by atoms with Crippen LogP contribution in [0.2, 0.25) is 5.02 Å². The highest BCUT2D eigenvalue weighted by atomic mass is 35.5. The van der Waals surface area contributed by atoms with Crippen LogP contribution in [0.1, 0.15) is 11.3 Å². The normalized spacial score (nSPS) is 11.0.